The number of hydrogen-bond acceptors (Lipinski definition) is 3. The topological polar surface area (TPSA) is 61.8 Å². The average Bonchev–Trinajstić information content (AvgIpc) is 2.81. The molecule has 2 aromatic heterocycles. The number of rotatable bonds is 4. The molecule has 0 saturated heterocycles. The SMILES string of the molecule is Cc1ccnc(Cc2nc(C)c(C[C@H]3CC[C@H](O)CC3)[nH]2)c1. The molecule has 0 aliphatic heterocycles. The highest BCUT2D eigenvalue weighted by Gasteiger charge is 2.21. The van der Waals surface area contributed by atoms with E-state index in [1.54, 1.807) is 0 Å². The molecule has 0 spiro atoms. The fraction of sp³-hybridized carbons (Fsp3) is 0.556. The number of aryl methyl sites for hydroxylation is 2. The van der Waals surface area contributed by atoms with E-state index in [1.165, 1.54) is 11.3 Å². The number of aliphatic hydroxyl groups is 1. The number of pyridine rings is 1. The summed E-state index contributed by atoms with van der Waals surface area (Å²) in [5.74, 6) is 1.67. The Bertz CT molecular complexity index is 627. The molecule has 0 radical (unpaired) electrons. The molecule has 0 unspecified atom stereocenters. The van der Waals surface area contributed by atoms with Gasteiger partial charge in [0.1, 0.15) is 5.82 Å². The summed E-state index contributed by atoms with van der Waals surface area (Å²) >= 11 is 0. The number of nitrogens with one attached hydrogen (secondary N) is 1. The van der Waals surface area contributed by atoms with Gasteiger partial charge >= 0.3 is 0 Å². The maximum atomic E-state index is 9.61. The average molecular weight is 299 g/mol. The van der Waals surface area contributed by atoms with Crippen molar-refractivity contribution in [2.75, 3.05) is 0 Å². The van der Waals surface area contributed by atoms with Crippen LogP contribution < -0.4 is 0 Å². The van der Waals surface area contributed by atoms with E-state index in [4.69, 9.17) is 0 Å². The summed E-state index contributed by atoms with van der Waals surface area (Å²) in [5.41, 5.74) is 4.65. The van der Waals surface area contributed by atoms with Gasteiger partial charge in [-0.1, -0.05) is 0 Å². The number of aliphatic hydroxyl groups excluding tert-OH is 1. The quantitative estimate of drug-likeness (QED) is 0.912. The first-order valence-corrected chi connectivity index (χ1v) is 8.24. The van der Waals surface area contributed by atoms with E-state index in [0.717, 1.165) is 55.7 Å². The van der Waals surface area contributed by atoms with E-state index < -0.39 is 0 Å². The minimum atomic E-state index is -0.0814. The monoisotopic (exact) mass is 299 g/mol. The maximum absolute atomic E-state index is 9.61. The number of hydrogen-bond donors (Lipinski definition) is 2. The van der Waals surface area contributed by atoms with E-state index in [2.05, 4.69) is 34.9 Å². The summed E-state index contributed by atoms with van der Waals surface area (Å²) in [4.78, 5) is 12.6. The summed E-state index contributed by atoms with van der Waals surface area (Å²) in [6.07, 6.45) is 7.70. The molecule has 1 saturated carbocycles. The van der Waals surface area contributed by atoms with Crippen LogP contribution >= 0.6 is 0 Å². The fourth-order valence-corrected chi connectivity index (χ4v) is 3.35. The van der Waals surface area contributed by atoms with E-state index >= 15 is 0 Å². The van der Waals surface area contributed by atoms with Crippen LogP contribution in [0.3, 0.4) is 0 Å². The standard InChI is InChI=1S/C18H25N3O/c1-12-7-8-19-15(9-12)11-18-20-13(2)17(21-18)10-14-3-5-16(22)6-4-14/h7-9,14,16,22H,3-6,10-11H2,1-2H3,(H,20,21)/t14-,16-. The molecule has 22 heavy (non-hydrogen) atoms. The van der Waals surface area contributed by atoms with Crippen molar-refractivity contribution in [3.05, 3.63) is 46.8 Å². The first kappa shape index (κ1) is 15.2. The maximum Gasteiger partial charge on any atom is 0.112 e. The number of aromatic nitrogens is 3. The van der Waals surface area contributed by atoms with Crippen LogP contribution in [0, 0.1) is 19.8 Å². The van der Waals surface area contributed by atoms with Gasteiger partial charge in [0.2, 0.25) is 0 Å². The van der Waals surface area contributed by atoms with Gasteiger partial charge in [0, 0.05) is 24.0 Å². The Morgan fingerprint density at radius 2 is 2.00 bits per heavy atom. The molecule has 0 aromatic carbocycles. The third kappa shape index (κ3) is 3.74. The molecule has 118 valence electrons. The minimum Gasteiger partial charge on any atom is -0.393 e. The fourth-order valence-electron chi connectivity index (χ4n) is 3.35. The van der Waals surface area contributed by atoms with E-state index in [0.29, 0.717) is 5.92 Å². The predicted molar refractivity (Wildman–Crippen MR) is 86.8 cm³/mol. The van der Waals surface area contributed by atoms with Gasteiger partial charge in [-0.3, -0.25) is 4.98 Å². The van der Waals surface area contributed by atoms with E-state index in [9.17, 15) is 5.11 Å². The van der Waals surface area contributed by atoms with Crippen LogP contribution in [-0.2, 0) is 12.8 Å². The van der Waals surface area contributed by atoms with Crippen molar-refractivity contribution in [3.63, 3.8) is 0 Å². The molecule has 1 aliphatic rings. The van der Waals surface area contributed by atoms with Crippen LogP contribution in [0.5, 0.6) is 0 Å². The summed E-state index contributed by atoms with van der Waals surface area (Å²) in [6.45, 7) is 4.16. The molecule has 4 nitrogen and oxygen atoms in total. The second kappa shape index (κ2) is 6.61. The van der Waals surface area contributed by atoms with Crippen molar-refractivity contribution in [2.45, 2.75) is 58.5 Å². The first-order valence-electron chi connectivity index (χ1n) is 8.24. The van der Waals surface area contributed by atoms with E-state index in [1.807, 2.05) is 12.3 Å². The molecule has 1 aliphatic carbocycles. The van der Waals surface area contributed by atoms with Gasteiger partial charge in [-0.05, 0) is 69.6 Å². The van der Waals surface area contributed by atoms with Crippen LogP contribution in [0.2, 0.25) is 0 Å². The molecule has 2 aromatic rings. The van der Waals surface area contributed by atoms with Gasteiger partial charge in [-0.15, -0.1) is 0 Å². The highest BCUT2D eigenvalue weighted by atomic mass is 16.3. The number of imidazole rings is 1. The molecule has 0 amide bonds. The Morgan fingerprint density at radius 1 is 1.23 bits per heavy atom. The number of nitrogens with zero attached hydrogens (tertiary/aromatic N) is 2. The third-order valence-corrected chi connectivity index (χ3v) is 4.66. The van der Waals surface area contributed by atoms with Crippen LogP contribution in [0.25, 0.3) is 0 Å². The lowest BCUT2D eigenvalue weighted by Crippen LogP contribution is -2.19. The van der Waals surface area contributed by atoms with Gasteiger partial charge in [-0.25, -0.2) is 4.98 Å². The van der Waals surface area contributed by atoms with Gasteiger partial charge < -0.3 is 10.1 Å². The Hall–Kier alpha value is -1.68. The zero-order valence-electron chi connectivity index (χ0n) is 13.5. The van der Waals surface area contributed by atoms with Gasteiger partial charge in [0.25, 0.3) is 0 Å². The smallest absolute Gasteiger partial charge is 0.112 e. The van der Waals surface area contributed by atoms with Crippen LogP contribution in [0.4, 0.5) is 0 Å². The lowest BCUT2D eigenvalue weighted by molar-refractivity contribution is 0.108. The minimum absolute atomic E-state index is 0.0814. The molecule has 2 heterocycles. The molecule has 2 N–H and O–H groups in total. The normalized spacial score (nSPS) is 22.0. The second-order valence-corrected chi connectivity index (χ2v) is 6.63. The molecule has 0 bridgehead atoms. The Morgan fingerprint density at radius 3 is 2.73 bits per heavy atom. The first-order chi connectivity index (χ1) is 10.6. The highest BCUT2D eigenvalue weighted by molar-refractivity contribution is 5.20. The van der Waals surface area contributed by atoms with Crippen LogP contribution in [-0.4, -0.2) is 26.2 Å². The molecular weight excluding hydrogens is 274 g/mol. The second-order valence-electron chi connectivity index (χ2n) is 6.63. The van der Waals surface area contributed by atoms with Gasteiger partial charge in [0.05, 0.1) is 11.8 Å². The Balaban J connectivity index is 1.66. The summed E-state index contributed by atoms with van der Waals surface area (Å²) in [5, 5.41) is 9.61. The summed E-state index contributed by atoms with van der Waals surface area (Å²) in [6, 6.07) is 4.12. The number of H-pyrrole nitrogens is 1. The predicted octanol–water partition coefficient (Wildman–Crippen LogP) is 3.11. The van der Waals surface area contributed by atoms with Crippen molar-refractivity contribution in [2.24, 2.45) is 5.92 Å². The molecule has 4 heteroatoms. The third-order valence-electron chi connectivity index (χ3n) is 4.66. The van der Waals surface area contributed by atoms with E-state index in [-0.39, 0.29) is 6.10 Å². The lowest BCUT2D eigenvalue weighted by atomic mass is 9.84. The molecule has 1 fully saturated rings. The molecule has 0 atom stereocenters. The zero-order valence-corrected chi connectivity index (χ0v) is 13.5. The highest BCUT2D eigenvalue weighted by Crippen LogP contribution is 2.27. The van der Waals surface area contributed by atoms with Crippen molar-refractivity contribution in [1.29, 1.82) is 0 Å². The Kier molecular flexibility index (Phi) is 4.57. The van der Waals surface area contributed by atoms with Crippen molar-refractivity contribution in [3.8, 4) is 0 Å². The van der Waals surface area contributed by atoms with Crippen LogP contribution in [0.1, 0.15) is 54.2 Å². The molecule has 3 rings (SSSR count). The summed E-state index contributed by atoms with van der Waals surface area (Å²) in [7, 11) is 0. The lowest BCUT2D eigenvalue weighted by Gasteiger charge is -2.24. The van der Waals surface area contributed by atoms with Crippen molar-refractivity contribution < 1.29 is 5.11 Å². The Labute approximate surface area is 132 Å². The number of aromatic amines is 1. The zero-order chi connectivity index (χ0) is 15.5. The van der Waals surface area contributed by atoms with Crippen molar-refractivity contribution in [1.82, 2.24) is 15.0 Å². The van der Waals surface area contributed by atoms with Gasteiger partial charge in [-0.2, -0.15) is 0 Å². The van der Waals surface area contributed by atoms with Crippen molar-refractivity contribution >= 4 is 0 Å². The summed E-state index contributed by atoms with van der Waals surface area (Å²) < 4.78 is 0. The van der Waals surface area contributed by atoms with Gasteiger partial charge in [0.15, 0.2) is 0 Å². The van der Waals surface area contributed by atoms with Crippen LogP contribution in [0.15, 0.2) is 18.3 Å². The molecular formula is C18H25N3O. The largest absolute Gasteiger partial charge is 0.393 e.